The number of hydrogen-bond acceptors (Lipinski definition) is 6. The van der Waals surface area contributed by atoms with Crippen molar-refractivity contribution < 1.29 is 13.6 Å². The van der Waals surface area contributed by atoms with Crippen LogP contribution in [-0.4, -0.2) is 26.3 Å². The predicted octanol–water partition coefficient (Wildman–Crippen LogP) is 6.20. The minimum atomic E-state index is -0.369. The van der Waals surface area contributed by atoms with Crippen LogP contribution in [0.3, 0.4) is 0 Å². The van der Waals surface area contributed by atoms with Gasteiger partial charge in [0.1, 0.15) is 11.6 Å². The molecule has 1 N–H and O–H groups in total. The molecule has 0 saturated heterocycles. The molecule has 0 fully saturated rings. The molecular weight excluding hydrogens is 462 g/mol. The van der Waals surface area contributed by atoms with E-state index in [0.29, 0.717) is 27.3 Å². The second-order valence-electron chi connectivity index (χ2n) is 7.50. The first-order chi connectivity index (χ1) is 15.9. The number of aryl methyl sites for hydroxylation is 2. The molecule has 0 amide bonds. The normalized spacial score (nSPS) is 11.0. The molecular formula is C24H22F2N4OS2. The molecule has 4 aromatic rings. The second kappa shape index (κ2) is 10.3. The molecule has 9 heteroatoms. The Bertz CT molecular complexity index is 1270. The summed E-state index contributed by atoms with van der Waals surface area (Å²) in [5.41, 5.74) is 3.99. The zero-order valence-corrected chi connectivity index (χ0v) is 19.8. The molecule has 2 heterocycles. The van der Waals surface area contributed by atoms with Crippen molar-refractivity contribution in [2.75, 3.05) is 11.1 Å². The van der Waals surface area contributed by atoms with Crippen LogP contribution >= 0.6 is 23.1 Å². The predicted molar refractivity (Wildman–Crippen MR) is 129 cm³/mol. The van der Waals surface area contributed by atoms with Gasteiger partial charge in [-0.2, -0.15) is 0 Å². The van der Waals surface area contributed by atoms with E-state index in [1.165, 1.54) is 41.3 Å². The molecule has 33 heavy (non-hydrogen) atoms. The fourth-order valence-corrected chi connectivity index (χ4v) is 5.17. The Morgan fingerprint density at radius 2 is 1.85 bits per heavy atom. The fraction of sp³-hybridized carbons (Fsp3) is 0.208. The topological polar surface area (TPSA) is 59.8 Å². The number of halogens is 2. The summed E-state index contributed by atoms with van der Waals surface area (Å²) in [5, 5.41) is 11.5. The summed E-state index contributed by atoms with van der Waals surface area (Å²) in [5.74, 6) is -0.369. The molecule has 0 aliphatic heterocycles. The number of para-hydroxylation sites is 1. The molecule has 0 radical (unpaired) electrons. The lowest BCUT2D eigenvalue weighted by atomic mass is 10.1. The van der Waals surface area contributed by atoms with Gasteiger partial charge in [0.05, 0.1) is 11.4 Å². The first-order valence-corrected chi connectivity index (χ1v) is 12.1. The fourth-order valence-electron chi connectivity index (χ4n) is 3.52. The van der Waals surface area contributed by atoms with Crippen molar-refractivity contribution >= 4 is 39.7 Å². The highest BCUT2D eigenvalue weighted by atomic mass is 32.2. The Morgan fingerprint density at radius 3 is 2.61 bits per heavy atom. The Kier molecular flexibility index (Phi) is 7.20. The van der Waals surface area contributed by atoms with Gasteiger partial charge in [0.15, 0.2) is 10.1 Å². The number of rotatable bonds is 9. The smallest absolute Gasteiger partial charge is 0.210 e. The number of anilines is 2. The quantitative estimate of drug-likeness (QED) is 0.227. The number of thioether (sulfide) groups is 1. The summed E-state index contributed by atoms with van der Waals surface area (Å²) in [4.78, 5) is 12.9. The van der Waals surface area contributed by atoms with Crippen molar-refractivity contribution in [1.82, 2.24) is 14.8 Å². The van der Waals surface area contributed by atoms with Crippen LogP contribution in [0.25, 0.3) is 0 Å². The number of nitrogens with zero attached hydrogens (tertiary/aromatic N) is 3. The van der Waals surface area contributed by atoms with Gasteiger partial charge in [-0.15, -0.1) is 10.2 Å². The van der Waals surface area contributed by atoms with Crippen LogP contribution in [0.5, 0.6) is 0 Å². The summed E-state index contributed by atoms with van der Waals surface area (Å²) in [6.07, 6.45) is 0.752. The molecule has 0 aliphatic rings. The van der Waals surface area contributed by atoms with E-state index in [4.69, 9.17) is 0 Å². The van der Waals surface area contributed by atoms with Crippen molar-refractivity contribution in [3.63, 3.8) is 0 Å². The van der Waals surface area contributed by atoms with Crippen molar-refractivity contribution in [2.45, 2.75) is 31.2 Å². The van der Waals surface area contributed by atoms with Crippen molar-refractivity contribution in [2.24, 2.45) is 0 Å². The van der Waals surface area contributed by atoms with E-state index in [1.807, 2.05) is 19.9 Å². The number of carbonyl (C=O) groups is 1. The van der Waals surface area contributed by atoms with Gasteiger partial charge in [0, 0.05) is 23.5 Å². The van der Waals surface area contributed by atoms with Crippen molar-refractivity contribution in [3.8, 4) is 0 Å². The van der Waals surface area contributed by atoms with E-state index in [9.17, 15) is 13.6 Å². The number of nitrogens with one attached hydrogen (secondary N) is 1. The zero-order valence-electron chi connectivity index (χ0n) is 18.1. The zero-order chi connectivity index (χ0) is 23.4. The molecule has 0 saturated carbocycles. The SMILES string of the molecule is Cc1cc(C(=O)CSc2nnc(Nc3ccccc3F)s2)c(C)n1CCc1ccc(F)cc1. The highest BCUT2D eigenvalue weighted by molar-refractivity contribution is 8.01. The van der Waals surface area contributed by atoms with E-state index in [0.717, 1.165) is 23.4 Å². The summed E-state index contributed by atoms with van der Waals surface area (Å²) in [6.45, 7) is 4.63. The minimum Gasteiger partial charge on any atom is -0.348 e. The van der Waals surface area contributed by atoms with Crippen LogP contribution in [0.2, 0.25) is 0 Å². The molecule has 0 spiro atoms. The van der Waals surface area contributed by atoms with Gasteiger partial charge in [0.2, 0.25) is 5.13 Å². The number of Topliss-reactive ketones (excluding diaryl/α,β-unsaturated/α-hetero) is 1. The van der Waals surface area contributed by atoms with Gasteiger partial charge >= 0.3 is 0 Å². The van der Waals surface area contributed by atoms with Crippen molar-refractivity contribution in [1.29, 1.82) is 0 Å². The average Bonchev–Trinajstić information content (AvgIpc) is 3.37. The maximum atomic E-state index is 13.8. The van der Waals surface area contributed by atoms with Crippen molar-refractivity contribution in [3.05, 3.63) is 88.7 Å². The third-order valence-electron chi connectivity index (χ3n) is 5.26. The molecule has 0 aliphatic carbocycles. The van der Waals surface area contributed by atoms with Crippen LogP contribution < -0.4 is 5.32 Å². The van der Waals surface area contributed by atoms with E-state index >= 15 is 0 Å². The maximum absolute atomic E-state index is 13.8. The first kappa shape index (κ1) is 23.1. The standard InChI is InChI=1S/C24H22F2N4OS2/c1-15-13-19(16(2)30(15)12-11-17-7-9-18(25)10-8-17)22(31)14-32-24-29-28-23(33-24)27-21-6-4-3-5-20(21)26/h3-10,13H,11-12,14H2,1-2H3,(H,27,28). The third kappa shape index (κ3) is 5.66. The lowest BCUT2D eigenvalue weighted by Gasteiger charge is -2.10. The monoisotopic (exact) mass is 484 g/mol. The molecule has 0 bridgehead atoms. The highest BCUT2D eigenvalue weighted by Crippen LogP contribution is 2.29. The van der Waals surface area contributed by atoms with Crippen LogP contribution in [0.15, 0.2) is 58.9 Å². The summed E-state index contributed by atoms with van der Waals surface area (Å²) < 4.78 is 29.6. The molecule has 2 aromatic heterocycles. The van der Waals surface area contributed by atoms with Gasteiger partial charge in [-0.05, 0) is 56.2 Å². The van der Waals surface area contributed by atoms with Gasteiger partial charge in [-0.25, -0.2) is 8.78 Å². The highest BCUT2D eigenvalue weighted by Gasteiger charge is 2.17. The number of benzene rings is 2. The number of hydrogen-bond donors (Lipinski definition) is 1. The molecule has 0 atom stereocenters. The maximum Gasteiger partial charge on any atom is 0.210 e. The third-order valence-corrected chi connectivity index (χ3v) is 7.23. The lowest BCUT2D eigenvalue weighted by molar-refractivity contribution is 0.102. The summed E-state index contributed by atoms with van der Waals surface area (Å²) >= 11 is 2.58. The number of aromatic nitrogens is 3. The molecule has 2 aromatic carbocycles. The number of carbonyl (C=O) groups excluding carboxylic acids is 1. The summed E-state index contributed by atoms with van der Waals surface area (Å²) in [7, 11) is 0. The van der Waals surface area contributed by atoms with Crippen LogP contribution in [0.4, 0.5) is 19.6 Å². The van der Waals surface area contributed by atoms with Crippen LogP contribution in [0, 0.1) is 25.5 Å². The van der Waals surface area contributed by atoms with E-state index in [-0.39, 0.29) is 23.2 Å². The molecule has 0 unspecified atom stereocenters. The van der Waals surface area contributed by atoms with E-state index in [2.05, 4.69) is 20.1 Å². The largest absolute Gasteiger partial charge is 0.348 e. The lowest BCUT2D eigenvalue weighted by Crippen LogP contribution is -2.08. The van der Waals surface area contributed by atoms with Gasteiger partial charge in [-0.1, -0.05) is 47.4 Å². The Labute approximate surface area is 198 Å². The van der Waals surface area contributed by atoms with Gasteiger partial charge < -0.3 is 9.88 Å². The minimum absolute atomic E-state index is 0.0138. The summed E-state index contributed by atoms with van der Waals surface area (Å²) in [6, 6.07) is 14.7. The second-order valence-corrected chi connectivity index (χ2v) is 9.70. The van der Waals surface area contributed by atoms with Gasteiger partial charge in [0.25, 0.3) is 0 Å². The number of ketones is 1. The van der Waals surface area contributed by atoms with Crippen LogP contribution in [0.1, 0.15) is 27.3 Å². The van der Waals surface area contributed by atoms with E-state index in [1.54, 1.807) is 30.3 Å². The van der Waals surface area contributed by atoms with Gasteiger partial charge in [-0.3, -0.25) is 4.79 Å². The Morgan fingerprint density at radius 1 is 1.09 bits per heavy atom. The first-order valence-electron chi connectivity index (χ1n) is 10.3. The van der Waals surface area contributed by atoms with Crippen LogP contribution in [-0.2, 0) is 13.0 Å². The molecule has 5 nitrogen and oxygen atoms in total. The Hall–Kier alpha value is -3.04. The Balaban J connectivity index is 1.36. The molecule has 170 valence electrons. The average molecular weight is 485 g/mol. The van der Waals surface area contributed by atoms with E-state index < -0.39 is 0 Å². The molecule has 4 rings (SSSR count).